The molecule has 2 aromatic carbocycles. The van der Waals surface area contributed by atoms with E-state index in [9.17, 15) is 37.5 Å². The number of amides is 3. The second-order valence-electron chi connectivity index (χ2n) is 17.2. The second-order valence-corrected chi connectivity index (χ2v) is 17.2. The number of benzene rings is 2. The molecule has 2 unspecified atom stereocenters. The monoisotopic (exact) mass is 991 g/mol. The van der Waals surface area contributed by atoms with Gasteiger partial charge in [0.15, 0.2) is 0 Å². The van der Waals surface area contributed by atoms with E-state index >= 15 is 0 Å². The van der Waals surface area contributed by atoms with Crippen molar-refractivity contribution >= 4 is 35.1 Å². The minimum Gasteiger partial charge on any atom is -0.474 e. The molecule has 0 saturated carbocycles. The van der Waals surface area contributed by atoms with E-state index in [1.54, 1.807) is 24.1 Å². The van der Waals surface area contributed by atoms with Crippen molar-refractivity contribution in [1.29, 1.82) is 0 Å². The first-order chi connectivity index (χ1) is 34.4. The predicted octanol–water partition coefficient (Wildman–Crippen LogP) is 5.39. The molecule has 0 aliphatic carbocycles. The molecule has 2 saturated heterocycles. The normalized spacial score (nSPS) is 17.0. The maximum Gasteiger partial charge on any atom is 0.416 e. The molecule has 3 amide bonds. The molecule has 18 nitrogen and oxygen atoms in total. The second kappa shape index (κ2) is 25.8. The lowest BCUT2D eigenvalue weighted by molar-refractivity contribution is -0.157. The fourth-order valence-corrected chi connectivity index (χ4v) is 8.50. The number of aryl methyl sites for hydroxylation is 2. The highest BCUT2D eigenvalue weighted by Gasteiger charge is 2.39. The lowest BCUT2D eigenvalue weighted by Gasteiger charge is -2.35. The summed E-state index contributed by atoms with van der Waals surface area (Å²) >= 11 is 0. The van der Waals surface area contributed by atoms with Crippen LogP contribution in [0.5, 0.6) is 5.88 Å². The van der Waals surface area contributed by atoms with Gasteiger partial charge in [-0.3, -0.25) is 19.4 Å². The zero-order valence-electron chi connectivity index (χ0n) is 39.6. The molecular formula is C50H60F3N7O11. The number of halogens is 3. The summed E-state index contributed by atoms with van der Waals surface area (Å²) in [6.07, 6.45) is 2.57. The van der Waals surface area contributed by atoms with E-state index in [-0.39, 0.29) is 56.8 Å². The number of nitrogens with zero attached hydrogens (tertiary/aromatic N) is 4. The van der Waals surface area contributed by atoms with Crippen molar-refractivity contribution in [1.82, 2.24) is 25.7 Å². The van der Waals surface area contributed by atoms with Crippen molar-refractivity contribution < 1.29 is 66.0 Å². The third-order valence-corrected chi connectivity index (χ3v) is 12.2. The Morgan fingerprint density at radius 1 is 0.887 bits per heavy atom. The van der Waals surface area contributed by atoms with Crippen LogP contribution in [0.1, 0.15) is 81.6 Å². The largest absolute Gasteiger partial charge is 0.474 e. The minimum absolute atomic E-state index is 0.113. The molecule has 0 spiro atoms. The van der Waals surface area contributed by atoms with Crippen molar-refractivity contribution in [2.75, 3.05) is 89.3 Å². The molecule has 4 aromatic rings. The van der Waals surface area contributed by atoms with E-state index in [0.717, 1.165) is 61.1 Å². The Bertz CT molecular complexity index is 2460. The van der Waals surface area contributed by atoms with Crippen LogP contribution in [-0.2, 0) is 52.5 Å². The number of fused-ring (bicyclic) bond motifs is 1. The molecule has 2 fully saturated rings. The summed E-state index contributed by atoms with van der Waals surface area (Å²) in [5, 5.41) is 15.6. The summed E-state index contributed by atoms with van der Waals surface area (Å²) in [6.45, 7) is 6.26. The highest BCUT2D eigenvalue weighted by atomic mass is 19.4. The Hall–Kier alpha value is -6.23. The lowest BCUT2D eigenvalue weighted by Crippen LogP contribution is -2.55. The molecular weight excluding hydrogens is 932 g/mol. The highest BCUT2D eigenvalue weighted by molar-refractivity contribution is 6.04. The van der Waals surface area contributed by atoms with E-state index < -0.39 is 35.9 Å². The zero-order chi connectivity index (χ0) is 50.2. The molecule has 2 atom stereocenters. The van der Waals surface area contributed by atoms with Gasteiger partial charge < -0.3 is 54.1 Å². The summed E-state index contributed by atoms with van der Waals surface area (Å²) in [5.74, 6) is -1.17. The third kappa shape index (κ3) is 14.9. The smallest absolute Gasteiger partial charge is 0.416 e. The number of alkyl halides is 3. The molecule has 3 aliphatic heterocycles. The Morgan fingerprint density at radius 3 is 2.41 bits per heavy atom. The van der Waals surface area contributed by atoms with Crippen LogP contribution in [-0.4, -0.2) is 135 Å². The average molecular weight is 992 g/mol. The fraction of sp³-hybridized carbons (Fsp3) is 0.480. The van der Waals surface area contributed by atoms with Crippen molar-refractivity contribution in [3.63, 3.8) is 0 Å². The highest BCUT2D eigenvalue weighted by Crippen LogP contribution is 2.35. The van der Waals surface area contributed by atoms with E-state index in [4.69, 9.17) is 28.5 Å². The van der Waals surface area contributed by atoms with Gasteiger partial charge in [0.25, 0.3) is 11.8 Å². The first kappa shape index (κ1) is 52.6. The third-order valence-electron chi connectivity index (χ3n) is 12.2. The van der Waals surface area contributed by atoms with Crippen LogP contribution in [0.15, 0.2) is 67.0 Å². The number of morpholine rings is 1. The number of ether oxygens (including phenoxy) is 5. The maximum atomic E-state index is 13.3. The van der Waals surface area contributed by atoms with Gasteiger partial charge in [-0.05, 0) is 80.1 Å². The van der Waals surface area contributed by atoms with E-state index in [1.807, 2.05) is 24.3 Å². The van der Waals surface area contributed by atoms with Gasteiger partial charge in [0, 0.05) is 66.7 Å². The fourth-order valence-electron chi connectivity index (χ4n) is 8.50. The van der Waals surface area contributed by atoms with Gasteiger partial charge in [-0.1, -0.05) is 31.0 Å². The van der Waals surface area contributed by atoms with Gasteiger partial charge in [-0.25, -0.2) is 9.78 Å². The number of carbonyl (C=O) groups is 4. The molecule has 0 bridgehead atoms. The molecule has 7 rings (SSSR count). The van der Waals surface area contributed by atoms with E-state index in [2.05, 4.69) is 31.0 Å². The SMILES string of the molecule is Cc1ncc(NC(=O)c2cccc(C(F)(F)F)c2)cc1-c1cnc(OCCOCCOCCOCC(=O)ONCCCCCCc2cccc3c2CN(C2CCC(=O)NC2O)C3=O)c(N2CCOCC2)c1. The van der Waals surface area contributed by atoms with Crippen molar-refractivity contribution in [2.45, 2.75) is 76.9 Å². The quantitative estimate of drug-likeness (QED) is 0.0484. The lowest BCUT2D eigenvalue weighted by atomic mass is 9.98. The number of hydrogen-bond donors (Lipinski definition) is 4. The molecule has 0 radical (unpaired) electrons. The van der Waals surface area contributed by atoms with Crippen LogP contribution in [0.25, 0.3) is 11.1 Å². The summed E-state index contributed by atoms with van der Waals surface area (Å²) in [7, 11) is 0. The first-order valence-electron chi connectivity index (χ1n) is 23.8. The van der Waals surface area contributed by atoms with Crippen LogP contribution in [0.4, 0.5) is 24.5 Å². The zero-order valence-corrected chi connectivity index (χ0v) is 39.6. The molecule has 3 aliphatic rings. The van der Waals surface area contributed by atoms with Crippen molar-refractivity contribution in [2.24, 2.45) is 0 Å². The number of anilines is 2. The van der Waals surface area contributed by atoms with Gasteiger partial charge in [0.2, 0.25) is 11.8 Å². The van der Waals surface area contributed by atoms with Crippen molar-refractivity contribution in [3.8, 4) is 17.0 Å². The number of unbranched alkanes of at least 4 members (excludes halogenated alkanes) is 3. The topological polar surface area (TPSA) is 212 Å². The molecule has 382 valence electrons. The van der Waals surface area contributed by atoms with Crippen LogP contribution in [0, 0.1) is 6.92 Å². The van der Waals surface area contributed by atoms with Crippen LogP contribution in [0.2, 0.25) is 0 Å². The van der Waals surface area contributed by atoms with Gasteiger partial charge in [-0.2, -0.15) is 18.7 Å². The predicted molar refractivity (Wildman–Crippen MR) is 252 cm³/mol. The molecule has 2 aromatic heterocycles. The summed E-state index contributed by atoms with van der Waals surface area (Å²) in [5.41, 5.74) is 7.44. The Labute approximate surface area is 409 Å². The number of aliphatic hydroxyl groups excluding tert-OH is 1. The first-order valence-corrected chi connectivity index (χ1v) is 23.8. The summed E-state index contributed by atoms with van der Waals surface area (Å²) < 4.78 is 68.0. The number of pyridine rings is 2. The van der Waals surface area contributed by atoms with Gasteiger partial charge >= 0.3 is 12.1 Å². The number of hydrogen-bond acceptors (Lipinski definition) is 15. The Balaban J connectivity index is 0.731. The number of piperidine rings is 1. The number of nitrogens with one attached hydrogen (secondary N) is 3. The number of aliphatic hydroxyl groups is 1. The minimum atomic E-state index is -4.58. The number of hydroxylamine groups is 1. The van der Waals surface area contributed by atoms with Crippen LogP contribution >= 0.6 is 0 Å². The van der Waals surface area contributed by atoms with Crippen LogP contribution < -0.4 is 25.8 Å². The maximum absolute atomic E-state index is 13.3. The number of aromatic nitrogens is 2. The van der Waals surface area contributed by atoms with Crippen LogP contribution in [0.3, 0.4) is 0 Å². The molecule has 5 heterocycles. The van der Waals surface area contributed by atoms with Gasteiger partial charge in [0.05, 0.1) is 69.7 Å². The van der Waals surface area contributed by atoms with Crippen molar-refractivity contribution in [3.05, 3.63) is 101 Å². The summed E-state index contributed by atoms with van der Waals surface area (Å²) in [4.78, 5) is 67.6. The molecule has 4 N–H and O–H groups in total. The van der Waals surface area contributed by atoms with E-state index in [1.165, 1.54) is 18.3 Å². The summed E-state index contributed by atoms with van der Waals surface area (Å²) in [6, 6.07) is 13.1. The number of carbonyl (C=O) groups excluding carboxylic acids is 4. The molecule has 21 heteroatoms. The Morgan fingerprint density at radius 2 is 1.63 bits per heavy atom. The van der Waals surface area contributed by atoms with Gasteiger partial charge in [0.1, 0.15) is 25.1 Å². The Kier molecular flexibility index (Phi) is 19.1. The average Bonchev–Trinajstić information content (AvgIpc) is 3.70. The van der Waals surface area contributed by atoms with Gasteiger partial charge in [-0.15, -0.1) is 0 Å². The van der Waals surface area contributed by atoms with E-state index in [0.29, 0.717) is 93.0 Å². The number of rotatable bonds is 25. The molecule has 71 heavy (non-hydrogen) atoms. The standard InChI is InChI=1S/C50H60F3N7O11/c1-33-40(28-38(30-54-33)57-46(63)35-10-6-11-37(26-35)50(51,52)53)36-27-43(59-16-18-66-19-17-59)48(55-29-36)70-25-24-68-21-20-67-22-23-69-32-45(62)71-56-15-5-3-2-4-8-34-9-7-12-39-41(34)31-60(49(39)65)42-13-14-44(61)58-47(42)64/h6-7,9-12,26-30,42,47,56,64H,2-5,8,13-25,31-32H2,1H3,(H,57,63)(H,58,61).